The van der Waals surface area contributed by atoms with Crippen molar-refractivity contribution in [3.63, 3.8) is 0 Å². The van der Waals surface area contributed by atoms with Crippen LogP contribution in [0.15, 0.2) is 24.3 Å². The third-order valence-electron chi connectivity index (χ3n) is 2.99. The summed E-state index contributed by atoms with van der Waals surface area (Å²) in [4.78, 5) is 0. The van der Waals surface area contributed by atoms with Crippen molar-refractivity contribution >= 4 is 5.69 Å². The molecular weight excluding hydrogens is 238 g/mol. The highest BCUT2D eigenvalue weighted by molar-refractivity contribution is 5.44. The van der Waals surface area contributed by atoms with Crippen LogP contribution in [0.2, 0.25) is 0 Å². The molecule has 0 spiro atoms. The second kappa shape index (κ2) is 10.8. The number of ether oxygens (including phenoxy) is 2. The molecule has 0 radical (unpaired) electrons. The van der Waals surface area contributed by atoms with Crippen LogP contribution in [0.25, 0.3) is 0 Å². The van der Waals surface area contributed by atoms with E-state index in [9.17, 15) is 0 Å². The number of methoxy groups -OCH3 is 1. The molecule has 1 aromatic rings. The Kier molecular flexibility index (Phi) is 9.11. The van der Waals surface area contributed by atoms with Crippen LogP contribution >= 0.6 is 0 Å². The summed E-state index contributed by atoms with van der Waals surface area (Å²) in [6.07, 6.45) is 4.66. The number of anilines is 1. The average Bonchev–Trinajstić information content (AvgIpc) is 2.45. The Bertz CT molecular complexity index is 311. The number of hydrogen-bond acceptors (Lipinski definition) is 3. The fourth-order valence-electron chi connectivity index (χ4n) is 1.85. The molecule has 0 unspecified atom stereocenters. The van der Waals surface area contributed by atoms with Gasteiger partial charge in [0.2, 0.25) is 0 Å². The van der Waals surface area contributed by atoms with Crippen LogP contribution in [-0.2, 0) is 15.9 Å². The van der Waals surface area contributed by atoms with Crippen molar-refractivity contribution in [2.75, 3.05) is 38.8 Å². The molecule has 0 aromatic heterocycles. The van der Waals surface area contributed by atoms with Gasteiger partial charge >= 0.3 is 0 Å². The maximum atomic E-state index is 5.49. The van der Waals surface area contributed by atoms with Crippen molar-refractivity contribution in [3.8, 4) is 0 Å². The van der Waals surface area contributed by atoms with E-state index in [-0.39, 0.29) is 0 Å². The van der Waals surface area contributed by atoms with Crippen LogP contribution < -0.4 is 5.32 Å². The molecule has 0 aliphatic heterocycles. The summed E-state index contributed by atoms with van der Waals surface area (Å²) in [5.41, 5.74) is 2.59. The number of nitrogens with one attached hydrogen (secondary N) is 1. The number of benzene rings is 1. The van der Waals surface area contributed by atoms with E-state index in [1.54, 1.807) is 7.11 Å². The largest absolute Gasteiger partial charge is 0.385 e. The second-order valence-electron chi connectivity index (χ2n) is 4.69. The van der Waals surface area contributed by atoms with Gasteiger partial charge in [0, 0.05) is 32.6 Å². The molecule has 3 nitrogen and oxygen atoms in total. The fraction of sp³-hybridized carbons (Fsp3) is 0.625. The van der Waals surface area contributed by atoms with Crippen LogP contribution in [-0.4, -0.2) is 33.5 Å². The Labute approximate surface area is 117 Å². The number of rotatable bonds is 11. The van der Waals surface area contributed by atoms with Crippen molar-refractivity contribution in [3.05, 3.63) is 29.8 Å². The average molecular weight is 265 g/mol. The third kappa shape index (κ3) is 7.85. The first-order valence-electron chi connectivity index (χ1n) is 7.26. The van der Waals surface area contributed by atoms with E-state index in [2.05, 4.69) is 36.5 Å². The first kappa shape index (κ1) is 16.0. The van der Waals surface area contributed by atoms with Crippen molar-refractivity contribution in [1.29, 1.82) is 0 Å². The Balaban J connectivity index is 2.09. The highest BCUT2D eigenvalue weighted by Gasteiger charge is 1.95. The van der Waals surface area contributed by atoms with Gasteiger partial charge in [0.1, 0.15) is 0 Å². The summed E-state index contributed by atoms with van der Waals surface area (Å²) in [5.74, 6) is 0. The molecule has 0 aliphatic carbocycles. The number of aryl methyl sites for hydroxylation is 1. The van der Waals surface area contributed by atoms with Crippen molar-refractivity contribution in [2.45, 2.75) is 32.6 Å². The highest BCUT2D eigenvalue weighted by atomic mass is 16.5. The number of hydrogen-bond donors (Lipinski definition) is 1. The minimum Gasteiger partial charge on any atom is -0.385 e. The molecule has 0 amide bonds. The lowest BCUT2D eigenvalue weighted by Crippen LogP contribution is -2.10. The molecule has 1 aromatic carbocycles. The van der Waals surface area contributed by atoms with Crippen molar-refractivity contribution < 1.29 is 9.47 Å². The zero-order chi connectivity index (χ0) is 13.8. The van der Waals surface area contributed by atoms with Gasteiger partial charge in [-0.15, -0.1) is 0 Å². The quantitative estimate of drug-likeness (QED) is 0.621. The van der Waals surface area contributed by atoms with E-state index in [0.717, 1.165) is 32.8 Å². The molecule has 0 atom stereocenters. The van der Waals surface area contributed by atoms with Crippen LogP contribution in [0, 0.1) is 0 Å². The third-order valence-corrected chi connectivity index (χ3v) is 2.99. The molecule has 0 bridgehead atoms. The van der Waals surface area contributed by atoms with Gasteiger partial charge in [-0.25, -0.2) is 0 Å². The van der Waals surface area contributed by atoms with Crippen LogP contribution in [0.1, 0.15) is 31.7 Å². The highest BCUT2D eigenvalue weighted by Crippen LogP contribution is 2.11. The smallest absolute Gasteiger partial charge is 0.0639 e. The summed E-state index contributed by atoms with van der Waals surface area (Å²) in [5, 5.41) is 3.36. The zero-order valence-corrected chi connectivity index (χ0v) is 12.3. The van der Waals surface area contributed by atoms with Gasteiger partial charge in [-0.2, -0.15) is 0 Å². The first-order chi connectivity index (χ1) is 9.36. The first-order valence-corrected chi connectivity index (χ1v) is 7.26. The van der Waals surface area contributed by atoms with E-state index in [1.807, 2.05) is 0 Å². The van der Waals surface area contributed by atoms with Crippen LogP contribution in [0.3, 0.4) is 0 Å². The minimum atomic E-state index is 0.737. The van der Waals surface area contributed by atoms with Gasteiger partial charge in [0.25, 0.3) is 0 Å². The summed E-state index contributed by atoms with van der Waals surface area (Å²) in [7, 11) is 1.71. The summed E-state index contributed by atoms with van der Waals surface area (Å²) in [6.45, 7) is 5.35. The molecule has 1 N–H and O–H groups in total. The maximum Gasteiger partial charge on any atom is 0.0639 e. The molecule has 108 valence electrons. The minimum absolute atomic E-state index is 0.737. The van der Waals surface area contributed by atoms with E-state index >= 15 is 0 Å². The SMILES string of the molecule is CCCCc1ccc(NCCOCCCOC)cc1. The van der Waals surface area contributed by atoms with Crippen molar-refractivity contribution in [1.82, 2.24) is 0 Å². The van der Waals surface area contributed by atoms with E-state index in [1.165, 1.54) is 30.5 Å². The summed E-state index contributed by atoms with van der Waals surface area (Å²) >= 11 is 0. The Morgan fingerprint density at radius 1 is 1.00 bits per heavy atom. The Morgan fingerprint density at radius 2 is 1.79 bits per heavy atom. The van der Waals surface area contributed by atoms with Gasteiger partial charge in [-0.05, 0) is 37.0 Å². The standard InChI is InChI=1S/C16H27NO2/c1-3-4-6-15-7-9-16(10-8-15)17-11-14-19-13-5-12-18-2/h7-10,17H,3-6,11-14H2,1-2H3. The fourth-order valence-corrected chi connectivity index (χ4v) is 1.85. The maximum absolute atomic E-state index is 5.49. The molecular formula is C16H27NO2. The molecule has 19 heavy (non-hydrogen) atoms. The molecule has 1 rings (SSSR count). The van der Waals surface area contributed by atoms with Crippen LogP contribution in [0.4, 0.5) is 5.69 Å². The lowest BCUT2D eigenvalue weighted by Gasteiger charge is -2.08. The molecule has 0 saturated carbocycles. The molecule has 3 heteroatoms. The van der Waals surface area contributed by atoms with E-state index in [0.29, 0.717) is 0 Å². The lowest BCUT2D eigenvalue weighted by atomic mass is 10.1. The van der Waals surface area contributed by atoms with Gasteiger partial charge in [-0.3, -0.25) is 0 Å². The second-order valence-corrected chi connectivity index (χ2v) is 4.69. The molecule has 0 heterocycles. The summed E-state index contributed by atoms with van der Waals surface area (Å²) < 4.78 is 10.5. The van der Waals surface area contributed by atoms with Crippen LogP contribution in [0.5, 0.6) is 0 Å². The normalized spacial score (nSPS) is 10.6. The monoisotopic (exact) mass is 265 g/mol. The molecule has 0 saturated heterocycles. The Hall–Kier alpha value is -1.06. The van der Waals surface area contributed by atoms with E-state index < -0.39 is 0 Å². The van der Waals surface area contributed by atoms with Gasteiger partial charge in [0.15, 0.2) is 0 Å². The summed E-state index contributed by atoms with van der Waals surface area (Å²) in [6, 6.07) is 8.71. The topological polar surface area (TPSA) is 30.5 Å². The lowest BCUT2D eigenvalue weighted by molar-refractivity contribution is 0.109. The van der Waals surface area contributed by atoms with Gasteiger partial charge in [-0.1, -0.05) is 25.5 Å². The van der Waals surface area contributed by atoms with Gasteiger partial charge < -0.3 is 14.8 Å². The number of unbranched alkanes of at least 4 members (excludes halogenated alkanes) is 1. The predicted octanol–water partition coefficient (Wildman–Crippen LogP) is 3.49. The molecule has 0 fully saturated rings. The predicted molar refractivity (Wildman–Crippen MR) is 80.9 cm³/mol. The van der Waals surface area contributed by atoms with Gasteiger partial charge in [0.05, 0.1) is 6.61 Å². The molecule has 0 aliphatic rings. The zero-order valence-electron chi connectivity index (χ0n) is 12.3. The Morgan fingerprint density at radius 3 is 2.47 bits per heavy atom. The van der Waals surface area contributed by atoms with E-state index in [4.69, 9.17) is 9.47 Å². The van der Waals surface area contributed by atoms with Crippen molar-refractivity contribution in [2.24, 2.45) is 0 Å².